The number of nitrogens with one attached hydrogen (secondary N) is 1. The Morgan fingerprint density at radius 2 is 1.89 bits per heavy atom. The lowest BCUT2D eigenvalue weighted by molar-refractivity contribution is -0.133. The lowest BCUT2D eigenvalue weighted by Gasteiger charge is -2.24. The molecule has 1 aromatic carbocycles. The van der Waals surface area contributed by atoms with Crippen molar-refractivity contribution in [1.82, 2.24) is 10.2 Å². The van der Waals surface area contributed by atoms with Crippen LogP contribution in [0.4, 0.5) is 0 Å². The summed E-state index contributed by atoms with van der Waals surface area (Å²) in [5.74, 6) is 0.250. The third-order valence-corrected chi connectivity index (χ3v) is 3.79. The van der Waals surface area contributed by atoms with Gasteiger partial charge in [0, 0.05) is 12.6 Å². The molecule has 1 atom stereocenters. The first-order chi connectivity index (χ1) is 9.31. The molecule has 1 amide bonds. The van der Waals surface area contributed by atoms with Gasteiger partial charge in [-0.05, 0) is 37.4 Å². The first kappa shape index (κ1) is 14.1. The normalized spacial score (nSPS) is 22.2. The number of carbonyl (C=O) groups excluding carboxylic acids is 1. The van der Waals surface area contributed by atoms with Crippen LogP contribution >= 0.6 is 0 Å². The average molecular weight is 260 g/mol. The first-order valence-electron chi connectivity index (χ1n) is 7.37. The summed E-state index contributed by atoms with van der Waals surface area (Å²) in [6.45, 7) is 4.87. The predicted molar refractivity (Wildman–Crippen MR) is 78.0 cm³/mol. The fourth-order valence-electron chi connectivity index (χ4n) is 2.72. The molecule has 3 heteroatoms. The van der Waals surface area contributed by atoms with Crippen LogP contribution in [0.25, 0.3) is 0 Å². The molecule has 104 valence electrons. The molecule has 0 saturated heterocycles. The fraction of sp³-hybridized carbons (Fsp3) is 0.562. The molecule has 3 nitrogen and oxygen atoms in total. The van der Waals surface area contributed by atoms with Crippen molar-refractivity contribution in [1.29, 1.82) is 0 Å². The second-order valence-electron chi connectivity index (χ2n) is 4.93. The third-order valence-electron chi connectivity index (χ3n) is 3.79. The van der Waals surface area contributed by atoms with Crippen LogP contribution in [0.1, 0.15) is 43.9 Å². The van der Waals surface area contributed by atoms with Crippen LogP contribution in [0.3, 0.4) is 0 Å². The summed E-state index contributed by atoms with van der Waals surface area (Å²) < 4.78 is 0. The van der Waals surface area contributed by atoms with Gasteiger partial charge in [-0.15, -0.1) is 0 Å². The Bertz CT molecular complexity index is 440. The molecule has 0 bridgehead atoms. The van der Waals surface area contributed by atoms with Gasteiger partial charge in [-0.3, -0.25) is 4.79 Å². The molecule has 1 saturated carbocycles. The Balaban J connectivity index is 0.000000637. The smallest absolute Gasteiger partial charge is 0.244 e. The molecule has 1 heterocycles. The minimum absolute atomic E-state index is 0.158. The van der Waals surface area contributed by atoms with Crippen molar-refractivity contribution in [2.24, 2.45) is 0 Å². The lowest BCUT2D eigenvalue weighted by Crippen LogP contribution is -2.40. The molecular weight excluding hydrogens is 236 g/mol. The monoisotopic (exact) mass is 260 g/mol. The Labute approximate surface area is 116 Å². The Morgan fingerprint density at radius 1 is 1.21 bits per heavy atom. The van der Waals surface area contributed by atoms with Gasteiger partial charge in [0.2, 0.25) is 5.91 Å². The zero-order valence-electron chi connectivity index (χ0n) is 12.1. The minimum Gasteiger partial charge on any atom is -0.338 e. The van der Waals surface area contributed by atoms with Crippen molar-refractivity contribution in [3.63, 3.8) is 0 Å². The summed E-state index contributed by atoms with van der Waals surface area (Å²) >= 11 is 0. The van der Waals surface area contributed by atoms with Crippen LogP contribution in [0.15, 0.2) is 24.3 Å². The standard InChI is InChI=1S/C14H18N2O.C2H6/c1-15-13-12-5-3-2-4-10(12)8-9-16(14(13)17)11-6-7-11;1-2/h2-5,11,13,15H,6-9H2,1H3;1-2H3. The zero-order valence-corrected chi connectivity index (χ0v) is 12.1. The number of rotatable bonds is 2. The van der Waals surface area contributed by atoms with Crippen LogP contribution in [0.5, 0.6) is 0 Å². The van der Waals surface area contributed by atoms with Crippen molar-refractivity contribution in [3.8, 4) is 0 Å². The van der Waals surface area contributed by atoms with E-state index in [4.69, 9.17) is 0 Å². The number of benzene rings is 1. The molecule has 1 fully saturated rings. The van der Waals surface area contributed by atoms with E-state index in [-0.39, 0.29) is 11.9 Å². The largest absolute Gasteiger partial charge is 0.338 e. The van der Waals surface area contributed by atoms with Crippen LogP contribution < -0.4 is 5.32 Å². The highest BCUT2D eigenvalue weighted by Crippen LogP contribution is 2.32. The van der Waals surface area contributed by atoms with Crippen molar-refractivity contribution in [2.75, 3.05) is 13.6 Å². The van der Waals surface area contributed by atoms with Gasteiger partial charge in [0.05, 0.1) is 0 Å². The van der Waals surface area contributed by atoms with Crippen LogP contribution in [-0.2, 0) is 11.2 Å². The van der Waals surface area contributed by atoms with E-state index in [2.05, 4.69) is 28.4 Å². The minimum atomic E-state index is -0.158. The van der Waals surface area contributed by atoms with Crippen LogP contribution in [0, 0.1) is 0 Å². The van der Waals surface area contributed by atoms with Crippen LogP contribution in [0.2, 0.25) is 0 Å². The predicted octanol–water partition coefficient (Wildman–Crippen LogP) is 2.52. The molecule has 0 spiro atoms. The maximum atomic E-state index is 12.5. The van der Waals surface area contributed by atoms with E-state index in [1.165, 1.54) is 18.4 Å². The van der Waals surface area contributed by atoms with E-state index in [9.17, 15) is 4.79 Å². The maximum absolute atomic E-state index is 12.5. The summed E-state index contributed by atoms with van der Waals surface area (Å²) in [5.41, 5.74) is 2.46. The molecule has 0 radical (unpaired) electrons. The topological polar surface area (TPSA) is 32.3 Å². The molecule has 3 rings (SSSR count). The number of carbonyl (C=O) groups is 1. The van der Waals surface area contributed by atoms with Gasteiger partial charge in [0.15, 0.2) is 0 Å². The van der Waals surface area contributed by atoms with E-state index in [1.807, 2.05) is 27.0 Å². The molecule has 1 aliphatic carbocycles. The van der Waals surface area contributed by atoms with Gasteiger partial charge in [-0.1, -0.05) is 38.1 Å². The third kappa shape index (κ3) is 2.81. The Kier molecular flexibility index (Phi) is 4.59. The van der Waals surface area contributed by atoms with E-state index >= 15 is 0 Å². The van der Waals surface area contributed by atoms with Crippen molar-refractivity contribution in [3.05, 3.63) is 35.4 Å². The quantitative estimate of drug-likeness (QED) is 0.886. The van der Waals surface area contributed by atoms with Gasteiger partial charge < -0.3 is 10.2 Å². The zero-order chi connectivity index (χ0) is 13.8. The van der Waals surface area contributed by atoms with E-state index in [1.54, 1.807) is 0 Å². The number of amides is 1. The molecule has 0 aromatic heterocycles. The van der Waals surface area contributed by atoms with Gasteiger partial charge in [0.25, 0.3) is 0 Å². The summed E-state index contributed by atoms with van der Waals surface area (Å²) in [6, 6.07) is 8.64. The lowest BCUT2D eigenvalue weighted by atomic mass is 9.99. The summed E-state index contributed by atoms with van der Waals surface area (Å²) in [5, 5.41) is 3.17. The Hall–Kier alpha value is -1.35. The number of likely N-dealkylation sites (N-methyl/N-ethyl adjacent to an activating group) is 1. The van der Waals surface area contributed by atoms with E-state index in [0.717, 1.165) is 18.5 Å². The summed E-state index contributed by atoms with van der Waals surface area (Å²) in [4.78, 5) is 14.6. The van der Waals surface area contributed by atoms with E-state index in [0.29, 0.717) is 6.04 Å². The van der Waals surface area contributed by atoms with E-state index < -0.39 is 0 Å². The molecule has 1 aliphatic heterocycles. The number of hydrogen-bond donors (Lipinski definition) is 1. The average Bonchev–Trinajstić information content (AvgIpc) is 3.28. The number of nitrogens with zero attached hydrogens (tertiary/aromatic N) is 1. The van der Waals surface area contributed by atoms with Crippen molar-refractivity contribution >= 4 is 5.91 Å². The molecule has 2 aliphatic rings. The van der Waals surface area contributed by atoms with Gasteiger partial charge in [0.1, 0.15) is 6.04 Å². The number of fused-ring (bicyclic) bond motifs is 1. The highest BCUT2D eigenvalue weighted by atomic mass is 16.2. The second kappa shape index (κ2) is 6.20. The highest BCUT2D eigenvalue weighted by molar-refractivity contribution is 5.85. The van der Waals surface area contributed by atoms with Crippen LogP contribution in [-0.4, -0.2) is 30.4 Å². The molecule has 19 heavy (non-hydrogen) atoms. The van der Waals surface area contributed by atoms with Gasteiger partial charge >= 0.3 is 0 Å². The fourth-order valence-corrected chi connectivity index (χ4v) is 2.72. The molecule has 1 N–H and O–H groups in total. The maximum Gasteiger partial charge on any atom is 0.244 e. The SMILES string of the molecule is CC.CNC1C(=O)N(C2CC2)CCc2ccccc21. The molecule has 1 unspecified atom stereocenters. The Morgan fingerprint density at radius 3 is 2.53 bits per heavy atom. The van der Waals surface area contributed by atoms with Crippen molar-refractivity contribution < 1.29 is 4.79 Å². The molecular formula is C16H24N2O. The van der Waals surface area contributed by atoms with Gasteiger partial charge in [-0.25, -0.2) is 0 Å². The first-order valence-corrected chi connectivity index (χ1v) is 7.37. The summed E-state index contributed by atoms with van der Waals surface area (Å²) in [6.07, 6.45) is 3.34. The highest BCUT2D eigenvalue weighted by Gasteiger charge is 2.37. The number of hydrogen-bond acceptors (Lipinski definition) is 2. The van der Waals surface area contributed by atoms with Crippen molar-refractivity contribution in [2.45, 2.75) is 45.2 Å². The van der Waals surface area contributed by atoms with Gasteiger partial charge in [-0.2, -0.15) is 0 Å². The molecule has 1 aromatic rings. The second-order valence-corrected chi connectivity index (χ2v) is 4.93. The summed E-state index contributed by atoms with van der Waals surface area (Å²) in [7, 11) is 1.87.